The Labute approximate surface area is 207 Å². The maximum Gasteiger partial charge on any atom is 0.331 e. The molecule has 0 heterocycles. The summed E-state index contributed by atoms with van der Waals surface area (Å²) in [5, 5.41) is 8.99. The molecule has 34 heavy (non-hydrogen) atoms. The molecule has 0 unspecified atom stereocenters. The fourth-order valence-corrected chi connectivity index (χ4v) is 3.19. The van der Waals surface area contributed by atoms with Gasteiger partial charge in [-0.25, -0.2) is 4.79 Å². The average Bonchev–Trinajstić information content (AvgIpc) is 2.73. The maximum absolute atomic E-state index is 11.9. The molecule has 5 heteroatoms. The van der Waals surface area contributed by atoms with Crippen LogP contribution in [-0.4, -0.2) is 55.3 Å². The minimum absolute atomic E-state index is 0.205. The number of carboxylic acids is 1. The van der Waals surface area contributed by atoms with E-state index in [1.165, 1.54) is 51.0 Å². The molecule has 0 aliphatic heterocycles. The predicted molar refractivity (Wildman–Crippen MR) is 142 cm³/mol. The van der Waals surface area contributed by atoms with Crippen molar-refractivity contribution in [2.45, 2.75) is 70.8 Å². The van der Waals surface area contributed by atoms with Gasteiger partial charge >= 0.3 is 11.9 Å². The Morgan fingerprint density at radius 3 is 1.79 bits per heavy atom. The number of rotatable bonds is 19. The van der Waals surface area contributed by atoms with E-state index >= 15 is 0 Å². The van der Waals surface area contributed by atoms with Crippen LogP contribution < -0.4 is 0 Å². The maximum atomic E-state index is 11.9. The summed E-state index contributed by atoms with van der Waals surface area (Å²) in [7, 11) is 5.77. The van der Waals surface area contributed by atoms with Crippen molar-refractivity contribution in [2.24, 2.45) is 0 Å². The summed E-state index contributed by atoms with van der Waals surface area (Å²) in [5.41, 5.74) is 0. The molecule has 5 nitrogen and oxygen atoms in total. The molecule has 0 fully saturated rings. The lowest BCUT2D eigenvalue weighted by molar-refractivity contribution is -0.873. The lowest BCUT2D eigenvalue weighted by atomic mass is 10.1. The summed E-state index contributed by atoms with van der Waals surface area (Å²) in [6.45, 7) is 2.68. The van der Waals surface area contributed by atoms with Gasteiger partial charge < -0.3 is 14.3 Å². The second-order valence-electron chi connectivity index (χ2n) is 9.37. The highest BCUT2D eigenvalue weighted by Gasteiger charge is 2.23. The summed E-state index contributed by atoms with van der Waals surface area (Å²) in [4.78, 5) is 22.9. The Hall–Kier alpha value is -2.66. The van der Waals surface area contributed by atoms with Gasteiger partial charge in [-0.3, -0.25) is 4.79 Å². The first-order valence-corrected chi connectivity index (χ1v) is 12.5. The molecule has 1 N–H and O–H groups in total. The molecule has 0 rings (SSSR count). The van der Waals surface area contributed by atoms with Crippen molar-refractivity contribution in [2.75, 3.05) is 27.7 Å². The zero-order valence-corrected chi connectivity index (χ0v) is 21.7. The van der Waals surface area contributed by atoms with Crippen molar-refractivity contribution in [3.05, 3.63) is 72.9 Å². The molecular formula is C29H46NO4+. The highest BCUT2D eigenvalue weighted by atomic mass is 16.5. The SMILES string of the molecule is CCCCCCCCCC=CC=CC=CC=CC=CC=CC(=O)O[C@H](CC(=O)O)C[N+](C)(C)C. The van der Waals surface area contributed by atoms with Crippen LogP contribution in [0.25, 0.3) is 0 Å². The second-order valence-corrected chi connectivity index (χ2v) is 9.37. The van der Waals surface area contributed by atoms with Crippen LogP contribution in [0.4, 0.5) is 0 Å². The summed E-state index contributed by atoms with van der Waals surface area (Å²) >= 11 is 0. The standard InChI is InChI=1S/C29H45NO4/c1-5-6-7-8-9-10-11-12-13-14-15-16-17-18-19-20-21-22-23-24-29(33)34-27(25-28(31)32)26-30(2,3)4/h13-24,27H,5-12,25-26H2,1-4H3/p+1/t27-/m1/s1. The minimum Gasteiger partial charge on any atom is -0.481 e. The number of hydrogen-bond donors (Lipinski definition) is 1. The van der Waals surface area contributed by atoms with Gasteiger partial charge in [-0.05, 0) is 12.8 Å². The number of hydrogen-bond acceptors (Lipinski definition) is 3. The third-order valence-corrected chi connectivity index (χ3v) is 4.78. The Bertz CT molecular complexity index is 721. The number of aliphatic carboxylic acids is 1. The number of esters is 1. The number of carbonyl (C=O) groups is 2. The number of nitrogens with zero attached hydrogens (tertiary/aromatic N) is 1. The summed E-state index contributed by atoms with van der Waals surface area (Å²) in [6, 6.07) is 0. The van der Waals surface area contributed by atoms with Crippen molar-refractivity contribution in [1.29, 1.82) is 0 Å². The molecule has 0 aromatic heterocycles. The van der Waals surface area contributed by atoms with E-state index in [0.717, 1.165) is 6.42 Å². The van der Waals surface area contributed by atoms with Crippen LogP contribution in [0, 0.1) is 0 Å². The van der Waals surface area contributed by atoms with Crippen LogP contribution in [-0.2, 0) is 14.3 Å². The van der Waals surface area contributed by atoms with Crippen LogP contribution in [0.1, 0.15) is 64.7 Å². The number of carboxylic acid groups (broad SMARTS) is 1. The normalized spacial score (nSPS) is 14.0. The third kappa shape index (κ3) is 24.0. The van der Waals surface area contributed by atoms with Gasteiger partial charge in [-0.1, -0.05) is 112 Å². The summed E-state index contributed by atoms with van der Waals surface area (Å²) in [6.07, 6.45) is 32.1. The molecule has 0 amide bonds. The molecule has 0 aromatic carbocycles. The molecule has 0 aliphatic rings. The number of unbranched alkanes of at least 4 members (excludes halogenated alkanes) is 7. The zero-order valence-electron chi connectivity index (χ0n) is 21.7. The van der Waals surface area contributed by atoms with E-state index in [0.29, 0.717) is 11.0 Å². The van der Waals surface area contributed by atoms with Crippen LogP contribution in [0.2, 0.25) is 0 Å². The van der Waals surface area contributed by atoms with E-state index in [-0.39, 0.29) is 6.42 Å². The Morgan fingerprint density at radius 1 is 0.765 bits per heavy atom. The van der Waals surface area contributed by atoms with E-state index in [4.69, 9.17) is 9.84 Å². The average molecular weight is 473 g/mol. The lowest BCUT2D eigenvalue weighted by Crippen LogP contribution is -2.43. The highest BCUT2D eigenvalue weighted by molar-refractivity contribution is 5.82. The van der Waals surface area contributed by atoms with Crippen LogP contribution in [0.3, 0.4) is 0 Å². The molecule has 0 aliphatic carbocycles. The number of allylic oxidation sites excluding steroid dienone is 11. The van der Waals surface area contributed by atoms with Crippen LogP contribution >= 0.6 is 0 Å². The van der Waals surface area contributed by atoms with Crippen molar-refractivity contribution < 1.29 is 23.9 Å². The van der Waals surface area contributed by atoms with E-state index in [9.17, 15) is 9.59 Å². The van der Waals surface area contributed by atoms with Crippen LogP contribution in [0.15, 0.2) is 72.9 Å². The van der Waals surface area contributed by atoms with Crippen molar-refractivity contribution in [1.82, 2.24) is 0 Å². The smallest absolute Gasteiger partial charge is 0.331 e. The number of carbonyl (C=O) groups excluding carboxylic acids is 1. The summed E-state index contributed by atoms with van der Waals surface area (Å²) < 4.78 is 5.79. The van der Waals surface area contributed by atoms with Gasteiger partial charge in [-0.2, -0.15) is 0 Å². The molecule has 0 spiro atoms. The second kappa shape index (κ2) is 20.9. The van der Waals surface area contributed by atoms with E-state index in [1.54, 1.807) is 18.2 Å². The molecule has 0 radical (unpaired) electrons. The Kier molecular flexibility index (Phi) is 19.3. The van der Waals surface area contributed by atoms with E-state index < -0.39 is 18.0 Å². The topological polar surface area (TPSA) is 63.6 Å². The molecule has 0 saturated heterocycles. The van der Waals surface area contributed by atoms with Gasteiger partial charge in [0.05, 0.1) is 27.6 Å². The quantitative estimate of drug-likeness (QED) is 0.0760. The van der Waals surface area contributed by atoms with Crippen molar-refractivity contribution in [3.8, 4) is 0 Å². The van der Waals surface area contributed by atoms with Gasteiger partial charge in [0.2, 0.25) is 0 Å². The van der Waals surface area contributed by atoms with Gasteiger partial charge in [0.15, 0.2) is 6.10 Å². The molecule has 190 valence electrons. The van der Waals surface area contributed by atoms with Gasteiger partial charge in [0.25, 0.3) is 0 Å². The van der Waals surface area contributed by atoms with E-state index in [1.807, 2.05) is 57.6 Å². The first-order chi connectivity index (χ1) is 16.2. The molecule has 0 aromatic rings. The Balaban J connectivity index is 4.07. The highest BCUT2D eigenvalue weighted by Crippen LogP contribution is 2.08. The monoisotopic (exact) mass is 472 g/mol. The molecule has 0 saturated carbocycles. The third-order valence-electron chi connectivity index (χ3n) is 4.78. The molecular weight excluding hydrogens is 426 g/mol. The molecule has 1 atom stereocenters. The van der Waals surface area contributed by atoms with E-state index in [2.05, 4.69) is 19.1 Å². The van der Waals surface area contributed by atoms with Gasteiger partial charge in [0, 0.05) is 6.08 Å². The van der Waals surface area contributed by atoms with Crippen molar-refractivity contribution in [3.63, 3.8) is 0 Å². The molecule has 0 bridgehead atoms. The number of quaternary nitrogens is 1. The van der Waals surface area contributed by atoms with Crippen LogP contribution in [0.5, 0.6) is 0 Å². The summed E-state index contributed by atoms with van der Waals surface area (Å²) in [5.74, 6) is -1.53. The number of likely N-dealkylation sites (N-methyl/N-ethyl adjacent to an activating group) is 1. The largest absolute Gasteiger partial charge is 0.481 e. The first-order valence-electron chi connectivity index (χ1n) is 12.5. The first kappa shape index (κ1) is 31.3. The Morgan fingerprint density at radius 2 is 1.26 bits per heavy atom. The predicted octanol–water partition coefficient (Wildman–Crippen LogP) is 6.56. The zero-order chi connectivity index (χ0) is 25.5. The number of ether oxygens (including phenoxy) is 1. The minimum atomic E-state index is -0.984. The fraction of sp³-hybridized carbons (Fsp3) is 0.517. The fourth-order valence-electron chi connectivity index (χ4n) is 3.19. The van der Waals surface area contributed by atoms with Gasteiger partial charge in [0.1, 0.15) is 6.54 Å². The van der Waals surface area contributed by atoms with Gasteiger partial charge in [-0.15, -0.1) is 0 Å². The lowest BCUT2D eigenvalue weighted by Gasteiger charge is -2.28. The van der Waals surface area contributed by atoms with Crippen molar-refractivity contribution >= 4 is 11.9 Å².